The highest BCUT2D eigenvalue weighted by Crippen LogP contribution is 1.97. The van der Waals surface area contributed by atoms with E-state index in [0.29, 0.717) is 6.42 Å². The molecule has 0 fully saturated rings. The molecule has 0 heterocycles. The van der Waals surface area contributed by atoms with Crippen LogP contribution in [0.1, 0.15) is 20.3 Å². The average molecular weight is 240 g/mol. The number of carbonyl (C=O) groups is 1. The molecular formula is C10H22ClNO3. The zero-order chi connectivity index (χ0) is 11.7. The molecule has 0 aromatic heterocycles. The molecule has 0 aromatic carbocycles. The van der Waals surface area contributed by atoms with Crippen LogP contribution in [0.4, 0.5) is 0 Å². The Hall–Kier alpha value is -0.580. The third-order valence-electron chi connectivity index (χ3n) is 1.18. The Morgan fingerprint density at radius 3 is 2.00 bits per heavy atom. The first-order valence-electron chi connectivity index (χ1n) is 4.65. The molecule has 0 bridgehead atoms. The van der Waals surface area contributed by atoms with Gasteiger partial charge < -0.3 is 19.9 Å². The van der Waals surface area contributed by atoms with E-state index in [1.54, 1.807) is 6.92 Å². The molecule has 1 atom stereocenters. The van der Waals surface area contributed by atoms with E-state index in [-0.39, 0.29) is 18.0 Å². The quantitative estimate of drug-likeness (QED) is 0.598. The van der Waals surface area contributed by atoms with Gasteiger partial charge >= 0.3 is 0 Å². The number of hydrogen-bond acceptors (Lipinski definition) is 3. The summed E-state index contributed by atoms with van der Waals surface area (Å²) in [4.78, 5) is 11.5. The number of nitrogens with one attached hydrogen (secondary N) is 1. The van der Waals surface area contributed by atoms with Crippen LogP contribution in [0.3, 0.4) is 0 Å². The minimum atomic E-state index is -1.23. The van der Waals surface area contributed by atoms with Gasteiger partial charge in [0.25, 0.3) is 0 Å². The summed E-state index contributed by atoms with van der Waals surface area (Å²) < 4.78 is 0. The van der Waals surface area contributed by atoms with E-state index in [0.717, 1.165) is 0 Å². The maximum absolute atomic E-state index is 10.1. The molecule has 0 aliphatic heterocycles. The molecule has 1 unspecified atom stereocenters. The summed E-state index contributed by atoms with van der Waals surface area (Å²) >= 11 is 0. The van der Waals surface area contributed by atoms with Gasteiger partial charge in [0.05, 0.1) is 33.2 Å². The molecule has 0 aromatic rings. The molecule has 0 aliphatic rings. The van der Waals surface area contributed by atoms with Crippen molar-refractivity contribution in [2.75, 3.05) is 21.1 Å². The van der Waals surface area contributed by atoms with E-state index in [2.05, 4.69) is 21.1 Å². The second-order valence-electron chi connectivity index (χ2n) is 3.61. The van der Waals surface area contributed by atoms with Crippen LogP contribution in [0, 0.1) is 0 Å². The summed E-state index contributed by atoms with van der Waals surface area (Å²) in [6, 6.07) is 0. The monoisotopic (exact) mass is 239 g/mol. The first-order chi connectivity index (χ1) is 6.31. The molecule has 5 heteroatoms. The van der Waals surface area contributed by atoms with Crippen molar-refractivity contribution in [3.8, 4) is 0 Å². The molecular weight excluding hydrogens is 218 g/mol. The fourth-order valence-electron chi connectivity index (χ4n) is 0.474. The zero-order valence-electron chi connectivity index (χ0n) is 10.0. The second-order valence-corrected chi connectivity index (χ2v) is 3.61. The molecule has 0 aliphatic carbocycles. The molecule has 0 amide bonds. The van der Waals surface area contributed by atoms with Gasteiger partial charge in [-0.15, -0.1) is 12.4 Å². The van der Waals surface area contributed by atoms with Gasteiger partial charge in [-0.25, -0.2) is 0 Å². The van der Waals surface area contributed by atoms with Crippen molar-refractivity contribution in [1.82, 2.24) is 0 Å². The number of aliphatic hydroxyl groups is 1. The predicted molar refractivity (Wildman–Crippen MR) is 61.0 cm³/mol. The Morgan fingerprint density at radius 2 is 1.80 bits per heavy atom. The number of hydrogen-bond donors (Lipinski definition) is 2. The van der Waals surface area contributed by atoms with Gasteiger partial charge in [0.1, 0.15) is 0 Å². The summed E-state index contributed by atoms with van der Waals surface area (Å²) in [6.45, 7) is 3.16. The molecule has 0 radical (unpaired) electrons. The average Bonchev–Trinajstić information content (AvgIpc) is 2.02. The van der Waals surface area contributed by atoms with Crippen molar-refractivity contribution in [2.45, 2.75) is 26.4 Å². The fraction of sp³-hybridized carbons (Fsp3) is 0.700. The van der Waals surface area contributed by atoms with E-state index in [9.17, 15) is 9.90 Å². The Kier molecular flexibility index (Phi) is 15.3. The Balaban J connectivity index is -0.000000249. The largest absolute Gasteiger partial charge is 0.545 e. The van der Waals surface area contributed by atoms with E-state index in [1.165, 1.54) is 17.9 Å². The first kappa shape index (κ1) is 19.9. The molecule has 4 nitrogen and oxygen atoms in total. The summed E-state index contributed by atoms with van der Waals surface area (Å²) in [5.74, 6) is -1.23. The predicted octanol–water partition coefficient (Wildman–Crippen LogP) is -1.36. The van der Waals surface area contributed by atoms with Crippen LogP contribution >= 0.6 is 12.4 Å². The third-order valence-corrected chi connectivity index (χ3v) is 1.18. The number of carbonyl (C=O) groups excluding carboxylic acids is 1. The van der Waals surface area contributed by atoms with Crippen molar-refractivity contribution in [1.29, 1.82) is 0 Å². The lowest BCUT2D eigenvalue weighted by Gasteiger charge is -2.04. The number of halogens is 1. The Labute approximate surface area is 98.0 Å². The number of carboxylic acids is 1. The van der Waals surface area contributed by atoms with Crippen LogP contribution in [-0.2, 0) is 4.79 Å². The van der Waals surface area contributed by atoms with Crippen molar-refractivity contribution in [2.24, 2.45) is 0 Å². The Morgan fingerprint density at radius 1 is 1.47 bits per heavy atom. The van der Waals surface area contributed by atoms with Crippen LogP contribution in [0.5, 0.6) is 0 Å². The third kappa shape index (κ3) is 19.7. The number of quaternary nitrogens is 1. The molecule has 15 heavy (non-hydrogen) atoms. The summed E-state index contributed by atoms with van der Waals surface area (Å²) in [5.41, 5.74) is 0.0781. The van der Waals surface area contributed by atoms with E-state index >= 15 is 0 Å². The van der Waals surface area contributed by atoms with Crippen LogP contribution < -0.4 is 10.0 Å². The number of carboxylic acid groups (broad SMARTS) is 1. The lowest BCUT2D eigenvalue weighted by atomic mass is 10.2. The highest BCUT2D eigenvalue weighted by molar-refractivity contribution is 5.85. The van der Waals surface area contributed by atoms with Crippen molar-refractivity contribution in [3.05, 3.63) is 11.6 Å². The normalized spacial score (nSPS) is 12.3. The molecule has 92 valence electrons. The summed E-state index contributed by atoms with van der Waals surface area (Å²) in [5, 5.41) is 19.0. The smallest absolute Gasteiger partial charge is 0.0724 e. The van der Waals surface area contributed by atoms with Crippen LogP contribution in [0.15, 0.2) is 11.6 Å². The fourth-order valence-corrected chi connectivity index (χ4v) is 0.474. The summed E-state index contributed by atoms with van der Waals surface area (Å²) in [7, 11) is 6.25. The van der Waals surface area contributed by atoms with Crippen molar-refractivity contribution < 1.29 is 19.9 Å². The standard InChI is InChI=1S/C7H12O3.C3H9N.ClH/c1-3-6(8)4-5(2)7(9)10;1-4(2)3;/h4,6,8H,3H2,1-2H3,(H,9,10);1-3H3;1H/b5-4-;;. The number of aliphatic hydroxyl groups excluding tert-OH is 1. The van der Waals surface area contributed by atoms with Gasteiger partial charge in [-0.1, -0.05) is 13.0 Å². The van der Waals surface area contributed by atoms with Gasteiger partial charge in [0.2, 0.25) is 0 Å². The second kappa shape index (κ2) is 11.5. The highest BCUT2D eigenvalue weighted by atomic mass is 35.5. The maximum atomic E-state index is 10.1. The van der Waals surface area contributed by atoms with Crippen LogP contribution in [0.25, 0.3) is 0 Å². The summed E-state index contributed by atoms with van der Waals surface area (Å²) in [6.07, 6.45) is 1.12. The van der Waals surface area contributed by atoms with Crippen LogP contribution in [0.2, 0.25) is 0 Å². The molecule has 0 spiro atoms. The van der Waals surface area contributed by atoms with Crippen molar-refractivity contribution in [3.63, 3.8) is 0 Å². The number of aliphatic carboxylic acids is 1. The number of rotatable bonds is 3. The minimum absolute atomic E-state index is 0. The van der Waals surface area contributed by atoms with Crippen LogP contribution in [-0.4, -0.2) is 38.3 Å². The lowest BCUT2D eigenvalue weighted by Crippen LogP contribution is -3.02. The van der Waals surface area contributed by atoms with E-state index in [1.807, 2.05) is 0 Å². The minimum Gasteiger partial charge on any atom is -0.545 e. The maximum Gasteiger partial charge on any atom is 0.0724 e. The lowest BCUT2D eigenvalue weighted by molar-refractivity contribution is -0.836. The van der Waals surface area contributed by atoms with Crippen molar-refractivity contribution >= 4 is 18.4 Å². The Bertz CT molecular complexity index is 190. The van der Waals surface area contributed by atoms with Gasteiger partial charge in [-0.3, -0.25) is 0 Å². The van der Waals surface area contributed by atoms with E-state index < -0.39 is 12.1 Å². The SMILES string of the molecule is CCC(O)/C=C(/C)C(=O)[O-].C[NH+](C)C.Cl. The molecule has 2 N–H and O–H groups in total. The first-order valence-corrected chi connectivity index (χ1v) is 4.65. The zero-order valence-corrected chi connectivity index (χ0v) is 10.9. The topological polar surface area (TPSA) is 64.8 Å². The highest BCUT2D eigenvalue weighted by Gasteiger charge is 1.96. The van der Waals surface area contributed by atoms with Gasteiger partial charge in [0, 0.05) is 0 Å². The molecule has 0 rings (SSSR count). The molecule has 0 saturated carbocycles. The van der Waals surface area contributed by atoms with Gasteiger partial charge in [-0.05, 0) is 18.9 Å². The van der Waals surface area contributed by atoms with E-state index in [4.69, 9.17) is 5.11 Å². The van der Waals surface area contributed by atoms with Gasteiger partial charge in [-0.2, -0.15) is 0 Å². The molecule has 0 saturated heterocycles. The van der Waals surface area contributed by atoms with Gasteiger partial charge in [0.15, 0.2) is 0 Å².